The minimum atomic E-state index is -5.05. The Bertz CT molecular complexity index is 975. The Labute approximate surface area is 173 Å². The first kappa shape index (κ1) is 22.8. The number of amides is 1. The Morgan fingerprint density at radius 3 is 2.10 bits per heavy atom. The zero-order chi connectivity index (χ0) is 22.8. The van der Waals surface area contributed by atoms with Gasteiger partial charge in [-0.05, 0) is 31.0 Å². The van der Waals surface area contributed by atoms with Gasteiger partial charge in [0.2, 0.25) is 0 Å². The fraction of sp³-hybridized carbons (Fsp3) is 0.450. The van der Waals surface area contributed by atoms with Gasteiger partial charge in [0.1, 0.15) is 0 Å². The third-order valence-electron chi connectivity index (χ3n) is 5.16. The van der Waals surface area contributed by atoms with Gasteiger partial charge >= 0.3 is 12.4 Å². The lowest BCUT2D eigenvalue weighted by Crippen LogP contribution is -2.31. The van der Waals surface area contributed by atoms with Crippen molar-refractivity contribution in [2.24, 2.45) is 0 Å². The van der Waals surface area contributed by atoms with Crippen LogP contribution >= 0.6 is 0 Å². The number of carbonyl (C=O) groups excluding carboxylic acids is 1. The number of aromatic nitrogens is 2. The number of hydrogen-bond acceptors (Lipinski definition) is 3. The second-order valence-electron chi connectivity index (χ2n) is 7.38. The number of carbonyl (C=O) groups is 1. The van der Waals surface area contributed by atoms with Crippen LogP contribution in [0.4, 0.5) is 26.3 Å². The number of nitrogens with one attached hydrogen (secondary N) is 1. The van der Waals surface area contributed by atoms with Gasteiger partial charge in [-0.15, -0.1) is 0 Å². The molecule has 0 atom stereocenters. The summed E-state index contributed by atoms with van der Waals surface area (Å²) < 4.78 is 78.7. The number of alkyl halides is 6. The number of benzene rings is 1. The first-order valence-corrected chi connectivity index (χ1v) is 9.59. The summed E-state index contributed by atoms with van der Waals surface area (Å²) in [5.41, 5.74) is -3.56. The molecule has 0 spiro atoms. The van der Waals surface area contributed by atoms with Gasteiger partial charge in [-0.3, -0.25) is 14.2 Å². The van der Waals surface area contributed by atoms with E-state index in [4.69, 9.17) is 0 Å². The summed E-state index contributed by atoms with van der Waals surface area (Å²) in [6.45, 7) is -0.214. The van der Waals surface area contributed by atoms with E-state index in [-0.39, 0.29) is 30.6 Å². The van der Waals surface area contributed by atoms with Crippen LogP contribution in [0.1, 0.15) is 58.8 Å². The highest BCUT2D eigenvalue weighted by atomic mass is 19.4. The largest absolute Gasteiger partial charge is 0.416 e. The predicted molar refractivity (Wildman–Crippen MR) is 98.5 cm³/mol. The zero-order valence-corrected chi connectivity index (χ0v) is 16.2. The molecular formula is C20H19F6N3O2. The highest BCUT2D eigenvalue weighted by Gasteiger charge is 2.37. The number of halogens is 6. The SMILES string of the molecule is O=C(NCCn1cnc(C2CCCC2)cc1=O)c1cc(C(F)(F)F)cc(C(F)(F)F)c1. The van der Waals surface area contributed by atoms with Crippen LogP contribution in [0, 0.1) is 0 Å². The van der Waals surface area contributed by atoms with Crippen molar-refractivity contribution in [1.82, 2.24) is 14.9 Å². The summed E-state index contributed by atoms with van der Waals surface area (Å²) >= 11 is 0. The first-order chi connectivity index (χ1) is 14.4. The Morgan fingerprint density at radius 1 is 1.00 bits per heavy atom. The standard InChI is InChI=1S/C20H19F6N3O2/c21-19(22,23)14-7-13(8-15(9-14)20(24,25)26)18(31)27-5-6-29-11-28-16(10-17(29)30)12-3-1-2-4-12/h7-12H,1-6H2,(H,27,31). The summed E-state index contributed by atoms with van der Waals surface area (Å²) in [5.74, 6) is -0.869. The summed E-state index contributed by atoms with van der Waals surface area (Å²) in [6.07, 6.45) is -4.69. The molecule has 31 heavy (non-hydrogen) atoms. The molecular weight excluding hydrogens is 428 g/mol. The van der Waals surface area contributed by atoms with Crippen molar-refractivity contribution in [2.45, 2.75) is 50.5 Å². The average Bonchev–Trinajstić information content (AvgIpc) is 3.22. The Hall–Kier alpha value is -2.85. The van der Waals surface area contributed by atoms with Crippen LogP contribution in [-0.4, -0.2) is 22.0 Å². The number of hydrogen-bond donors (Lipinski definition) is 1. The lowest BCUT2D eigenvalue weighted by atomic mass is 10.0. The van der Waals surface area contributed by atoms with E-state index in [0.29, 0.717) is 17.8 Å². The lowest BCUT2D eigenvalue weighted by molar-refractivity contribution is -0.143. The molecule has 5 nitrogen and oxygen atoms in total. The molecule has 1 aliphatic rings. The average molecular weight is 447 g/mol. The van der Waals surface area contributed by atoms with Crippen LogP contribution in [0.2, 0.25) is 0 Å². The van der Waals surface area contributed by atoms with Crippen LogP contribution in [0.5, 0.6) is 0 Å². The van der Waals surface area contributed by atoms with Gasteiger partial charge in [0, 0.05) is 30.6 Å². The van der Waals surface area contributed by atoms with Crippen molar-refractivity contribution < 1.29 is 31.1 Å². The van der Waals surface area contributed by atoms with Crippen molar-refractivity contribution in [3.05, 3.63) is 63.3 Å². The molecule has 1 aromatic carbocycles. The summed E-state index contributed by atoms with van der Waals surface area (Å²) in [7, 11) is 0. The van der Waals surface area contributed by atoms with Crippen molar-refractivity contribution in [3.8, 4) is 0 Å². The van der Waals surface area contributed by atoms with Crippen LogP contribution < -0.4 is 10.9 Å². The molecule has 0 bridgehead atoms. The van der Waals surface area contributed by atoms with Gasteiger partial charge in [0.15, 0.2) is 0 Å². The van der Waals surface area contributed by atoms with Crippen molar-refractivity contribution in [1.29, 1.82) is 0 Å². The molecule has 1 N–H and O–H groups in total. The second-order valence-corrected chi connectivity index (χ2v) is 7.38. The summed E-state index contributed by atoms with van der Waals surface area (Å²) in [5, 5.41) is 2.24. The van der Waals surface area contributed by atoms with E-state index in [9.17, 15) is 35.9 Å². The maximum absolute atomic E-state index is 12.9. The van der Waals surface area contributed by atoms with Gasteiger partial charge in [-0.2, -0.15) is 26.3 Å². The predicted octanol–water partition coefficient (Wildman–Crippen LogP) is 4.37. The molecule has 1 aromatic heterocycles. The summed E-state index contributed by atoms with van der Waals surface area (Å²) in [6, 6.07) is 2.08. The Kier molecular flexibility index (Phi) is 6.42. The first-order valence-electron chi connectivity index (χ1n) is 9.59. The van der Waals surface area contributed by atoms with E-state index in [1.165, 1.54) is 17.0 Å². The highest BCUT2D eigenvalue weighted by Crippen LogP contribution is 2.36. The van der Waals surface area contributed by atoms with E-state index < -0.39 is 35.0 Å². The molecule has 0 saturated heterocycles. The van der Waals surface area contributed by atoms with E-state index in [1.54, 1.807) is 0 Å². The molecule has 3 rings (SSSR count). The summed E-state index contributed by atoms with van der Waals surface area (Å²) in [4.78, 5) is 28.6. The molecule has 1 saturated carbocycles. The molecule has 1 amide bonds. The van der Waals surface area contributed by atoms with E-state index in [1.807, 2.05) is 0 Å². The fourth-order valence-electron chi connectivity index (χ4n) is 3.53. The van der Waals surface area contributed by atoms with Gasteiger partial charge < -0.3 is 5.32 Å². The number of nitrogens with zero attached hydrogens (tertiary/aromatic N) is 2. The topological polar surface area (TPSA) is 64.0 Å². The van der Waals surface area contributed by atoms with E-state index in [2.05, 4.69) is 10.3 Å². The van der Waals surface area contributed by atoms with Gasteiger partial charge in [0.05, 0.1) is 23.1 Å². The second kappa shape index (κ2) is 8.72. The molecule has 1 aliphatic carbocycles. The van der Waals surface area contributed by atoms with Crippen molar-refractivity contribution >= 4 is 5.91 Å². The van der Waals surface area contributed by atoms with Crippen LogP contribution in [0.25, 0.3) is 0 Å². The zero-order valence-electron chi connectivity index (χ0n) is 16.2. The lowest BCUT2D eigenvalue weighted by Gasteiger charge is -2.14. The van der Waals surface area contributed by atoms with Crippen LogP contribution in [0.3, 0.4) is 0 Å². The van der Waals surface area contributed by atoms with Gasteiger partial charge in [-0.25, -0.2) is 4.98 Å². The highest BCUT2D eigenvalue weighted by molar-refractivity contribution is 5.94. The quantitative estimate of drug-likeness (QED) is 0.693. The monoisotopic (exact) mass is 447 g/mol. The minimum absolute atomic E-state index is 0.0341. The van der Waals surface area contributed by atoms with E-state index in [0.717, 1.165) is 25.7 Å². The minimum Gasteiger partial charge on any atom is -0.350 e. The third-order valence-corrected chi connectivity index (χ3v) is 5.16. The molecule has 11 heteroatoms. The molecule has 168 valence electrons. The van der Waals surface area contributed by atoms with Crippen LogP contribution in [0.15, 0.2) is 35.4 Å². The molecule has 1 heterocycles. The molecule has 1 fully saturated rings. The Morgan fingerprint density at radius 2 is 1.58 bits per heavy atom. The third kappa shape index (κ3) is 5.65. The normalized spacial score (nSPS) is 15.3. The van der Waals surface area contributed by atoms with Crippen LogP contribution in [-0.2, 0) is 18.9 Å². The maximum Gasteiger partial charge on any atom is 0.416 e. The number of rotatable bonds is 5. The van der Waals surface area contributed by atoms with Gasteiger partial charge in [0.25, 0.3) is 11.5 Å². The molecule has 0 radical (unpaired) electrons. The van der Waals surface area contributed by atoms with E-state index >= 15 is 0 Å². The maximum atomic E-state index is 12.9. The Balaban J connectivity index is 1.69. The van der Waals surface area contributed by atoms with Gasteiger partial charge in [-0.1, -0.05) is 12.8 Å². The molecule has 0 aliphatic heterocycles. The van der Waals surface area contributed by atoms with Crippen molar-refractivity contribution in [2.75, 3.05) is 6.54 Å². The molecule has 0 unspecified atom stereocenters. The fourth-order valence-corrected chi connectivity index (χ4v) is 3.53. The smallest absolute Gasteiger partial charge is 0.350 e. The molecule has 2 aromatic rings. The van der Waals surface area contributed by atoms with Crippen molar-refractivity contribution in [3.63, 3.8) is 0 Å².